The van der Waals surface area contributed by atoms with E-state index in [2.05, 4.69) is 87.5 Å². The van der Waals surface area contributed by atoms with Crippen LogP contribution in [0.5, 0.6) is 11.5 Å². The Hall–Kier alpha value is -4.41. The Labute approximate surface area is 251 Å². The van der Waals surface area contributed by atoms with E-state index in [9.17, 15) is 4.79 Å². The van der Waals surface area contributed by atoms with E-state index < -0.39 is 11.9 Å². The van der Waals surface area contributed by atoms with E-state index in [-0.39, 0.29) is 12.0 Å². The number of carbonyl (C=O) groups excluding carboxylic acids is 1. The zero-order valence-electron chi connectivity index (χ0n) is 24.0. The predicted octanol–water partition coefficient (Wildman–Crippen LogP) is 3.72. The molecule has 3 aromatic carbocycles. The summed E-state index contributed by atoms with van der Waals surface area (Å²) in [7, 11) is 0. The smallest absolute Gasteiger partial charge is 0.414 e. The molecule has 3 aromatic rings. The SMILES string of the molecule is O=C(C1CCN(Cc2ccc3c(c2)OCO3)CC1)N1CCN(C(c2ccccc2)c2ccccc2)CC1.O=C(O)C(=O)O. The van der Waals surface area contributed by atoms with Crippen LogP contribution < -0.4 is 9.47 Å². The summed E-state index contributed by atoms with van der Waals surface area (Å²) in [6.07, 6.45) is 1.86. The minimum absolute atomic E-state index is 0.138. The lowest BCUT2D eigenvalue weighted by molar-refractivity contribution is -0.159. The third kappa shape index (κ3) is 7.71. The van der Waals surface area contributed by atoms with Gasteiger partial charge in [0.2, 0.25) is 12.7 Å². The van der Waals surface area contributed by atoms with Gasteiger partial charge in [0.05, 0.1) is 6.04 Å². The van der Waals surface area contributed by atoms with Gasteiger partial charge in [0.15, 0.2) is 11.5 Å². The molecule has 0 aliphatic carbocycles. The second-order valence-electron chi connectivity index (χ2n) is 10.9. The minimum Gasteiger partial charge on any atom is -0.473 e. The van der Waals surface area contributed by atoms with Crippen LogP contribution in [-0.2, 0) is 20.9 Å². The molecule has 226 valence electrons. The monoisotopic (exact) mass is 587 g/mol. The third-order valence-electron chi connectivity index (χ3n) is 8.18. The molecule has 6 rings (SSSR count). The van der Waals surface area contributed by atoms with Crippen LogP contribution in [0.1, 0.15) is 35.6 Å². The molecule has 2 saturated heterocycles. The Bertz CT molecular complexity index is 1330. The number of hydrogen-bond acceptors (Lipinski definition) is 7. The zero-order chi connectivity index (χ0) is 30.2. The van der Waals surface area contributed by atoms with E-state index in [0.29, 0.717) is 12.7 Å². The van der Waals surface area contributed by atoms with Crippen molar-refractivity contribution in [1.29, 1.82) is 0 Å². The summed E-state index contributed by atoms with van der Waals surface area (Å²) in [5.74, 6) is -1.50. The third-order valence-corrected chi connectivity index (χ3v) is 8.18. The van der Waals surface area contributed by atoms with Crippen LogP contribution in [-0.4, -0.2) is 88.8 Å². The highest BCUT2D eigenvalue weighted by Gasteiger charge is 2.32. The summed E-state index contributed by atoms with van der Waals surface area (Å²) in [4.78, 5) is 38.7. The topological polar surface area (TPSA) is 120 Å². The van der Waals surface area contributed by atoms with Crippen molar-refractivity contribution in [2.45, 2.75) is 25.4 Å². The molecule has 0 unspecified atom stereocenters. The molecule has 0 aromatic heterocycles. The Morgan fingerprint density at radius 2 is 1.28 bits per heavy atom. The molecule has 0 radical (unpaired) electrons. The number of carbonyl (C=O) groups is 3. The number of fused-ring (bicyclic) bond motifs is 1. The normalized spacial score (nSPS) is 17.3. The van der Waals surface area contributed by atoms with Crippen molar-refractivity contribution in [3.8, 4) is 11.5 Å². The van der Waals surface area contributed by atoms with E-state index >= 15 is 0 Å². The van der Waals surface area contributed by atoms with Gasteiger partial charge in [-0.2, -0.15) is 0 Å². The highest BCUT2D eigenvalue weighted by Crippen LogP contribution is 2.34. The average molecular weight is 588 g/mol. The highest BCUT2D eigenvalue weighted by molar-refractivity contribution is 6.27. The number of carboxylic acid groups (broad SMARTS) is 2. The van der Waals surface area contributed by atoms with Crippen molar-refractivity contribution in [3.63, 3.8) is 0 Å². The molecule has 0 spiro atoms. The molecule has 0 atom stereocenters. The van der Waals surface area contributed by atoms with Crippen molar-refractivity contribution in [2.75, 3.05) is 46.1 Å². The largest absolute Gasteiger partial charge is 0.473 e. The molecule has 0 bridgehead atoms. The van der Waals surface area contributed by atoms with Gasteiger partial charge in [0.25, 0.3) is 0 Å². The quantitative estimate of drug-likeness (QED) is 0.416. The van der Waals surface area contributed by atoms with Crippen molar-refractivity contribution in [2.24, 2.45) is 5.92 Å². The van der Waals surface area contributed by atoms with Gasteiger partial charge in [0.1, 0.15) is 0 Å². The average Bonchev–Trinajstić information content (AvgIpc) is 3.51. The van der Waals surface area contributed by atoms with Gasteiger partial charge < -0.3 is 24.6 Å². The number of piperidine rings is 1. The zero-order valence-corrected chi connectivity index (χ0v) is 24.0. The maximum Gasteiger partial charge on any atom is 0.414 e. The summed E-state index contributed by atoms with van der Waals surface area (Å²) in [6, 6.07) is 27.9. The molecule has 3 aliphatic heterocycles. The Morgan fingerprint density at radius 3 is 1.84 bits per heavy atom. The number of benzene rings is 3. The molecule has 10 heteroatoms. The fraction of sp³-hybridized carbons (Fsp3) is 0.364. The number of carboxylic acids is 2. The van der Waals surface area contributed by atoms with Crippen molar-refractivity contribution >= 4 is 17.8 Å². The molecule has 1 amide bonds. The highest BCUT2D eigenvalue weighted by atomic mass is 16.7. The number of aliphatic carboxylic acids is 2. The van der Waals surface area contributed by atoms with E-state index in [1.54, 1.807) is 0 Å². The summed E-state index contributed by atoms with van der Waals surface area (Å²) in [5, 5.41) is 14.8. The lowest BCUT2D eigenvalue weighted by atomic mass is 9.94. The number of piperazine rings is 1. The second kappa shape index (κ2) is 14.2. The van der Waals surface area contributed by atoms with Crippen LogP contribution >= 0.6 is 0 Å². The molecule has 43 heavy (non-hydrogen) atoms. The Morgan fingerprint density at radius 1 is 0.721 bits per heavy atom. The molecule has 3 aliphatic rings. The first-order valence-electron chi connectivity index (χ1n) is 14.6. The first-order chi connectivity index (χ1) is 20.9. The lowest BCUT2D eigenvalue weighted by Crippen LogP contribution is -2.52. The predicted molar refractivity (Wildman–Crippen MR) is 159 cm³/mol. The second-order valence-corrected chi connectivity index (χ2v) is 10.9. The number of nitrogens with zero attached hydrogens (tertiary/aromatic N) is 3. The Balaban J connectivity index is 0.000000559. The first kappa shape index (κ1) is 30.1. The number of rotatable bonds is 6. The number of amides is 1. The fourth-order valence-corrected chi connectivity index (χ4v) is 5.98. The Kier molecular flexibility index (Phi) is 9.91. The van der Waals surface area contributed by atoms with Crippen molar-refractivity contribution < 1.29 is 34.1 Å². The van der Waals surface area contributed by atoms with Gasteiger partial charge in [-0.15, -0.1) is 0 Å². The number of likely N-dealkylation sites (tertiary alicyclic amines) is 1. The lowest BCUT2D eigenvalue weighted by Gasteiger charge is -2.41. The van der Waals surface area contributed by atoms with Gasteiger partial charge in [-0.3, -0.25) is 14.6 Å². The molecule has 10 nitrogen and oxygen atoms in total. The maximum absolute atomic E-state index is 13.4. The van der Waals surface area contributed by atoms with Crippen LogP contribution in [0.2, 0.25) is 0 Å². The fourth-order valence-electron chi connectivity index (χ4n) is 5.98. The van der Waals surface area contributed by atoms with E-state index in [0.717, 1.165) is 70.2 Å². The number of hydrogen-bond donors (Lipinski definition) is 2. The van der Waals surface area contributed by atoms with Crippen LogP contribution in [0.4, 0.5) is 0 Å². The minimum atomic E-state index is -1.82. The first-order valence-corrected chi connectivity index (χ1v) is 14.6. The van der Waals surface area contributed by atoms with Crippen LogP contribution in [0.15, 0.2) is 78.9 Å². The number of ether oxygens (including phenoxy) is 2. The van der Waals surface area contributed by atoms with E-state index in [1.807, 2.05) is 6.07 Å². The molecular formula is C33H37N3O7. The summed E-state index contributed by atoms with van der Waals surface area (Å²) >= 11 is 0. The molecule has 3 heterocycles. The van der Waals surface area contributed by atoms with Gasteiger partial charge in [-0.1, -0.05) is 66.7 Å². The molecule has 2 N–H and O–H groups in total. The van der Waals surface area contributed by atoms with Crippen LogP contribution in [0.25, 0.3) is 0 Å². The standard InChI is InChI=1S/C31H35N3O3.C2H2O4/c35-31(27-13-15-32(16-14-27)22-24-11-12-28-29(21-24)37-23-36-28)34-19-17-33(18-20-34)30(25-7-3-1-4-8-25)26-9-5-2-6-10-26;3-1(4)2(5)6/h1-12,21,27,30H,13-20,22-23H2;(H,3,4)(H,5,6). The summed E-state index contributed by atoms with van der Waals surface area (Å²) < 4.78 is 10.9. The van der Waals surface area contributed by atoms with Gasteiger partial charge in [-0.25, -0.2) is 9.59 Å². The van der Waals surface area contributed by atoms with Crippen molar-refractivity contribution in [3.05, 3.63) is 95.6 Å². The van der Waals surface area contributed by atoms with Gasteiger partial charge >= 0.3 is 11.9 Å². The maximum atomic E-state index is 13.4. The van der Waals surface area contributed by atoms with Crippen molar-refractivity contribution in [1.82, 2.24) is 14.7 Å². The van der Waals surface area contributed by atoms with E-state index in [1.165, 1.54) is 16.7 Å². The summed E-state index contributed by atoms with van der Waals surface area (Å²) in [5.41, 5.74) is 3.85. The van der Waals surface area contributed by atoms with E-state index in [4.69, 9.17) is 29.3 Å². The van der Waals surface area contributed by atoms with Gasteiger partial charge in [-0.05, 0) is 54.8 Å². The van der Waals surface area contributed by atoms with Crippen LogP contribution in [0, 0.1) is 5.92 Å². The summed E-state index contributed by atoms with van der Waals surface area (Å²) in [6.45, 7) is 6.48. The van der Waals surface area contributed by atoms with Gasteiger partial charge in [0, 0.05) is 38.6 Å². The van der Waals surface area contributed by atoms with Crippen LogP contribution in [0.3, 0.4) is 0 Å². The molecular weight excluding hydrogens is 550 g/mol. The molecule has 2 fully saturated rings. The molecule has 0 saturated carbocycles.